The lowest BCUT2D eigenvalue weighted by atomic mass is 10.2. The predicted octanol–water partition coefficient (Wildman–Crippen LogP) is 0.455. The van der Waals surface area contributed by atoms with Crippen LogP contribution < -0.4 is 5.32 Å². The Hall–Kier alpha value is -1.35. The van der Waals surface area contributed by atoms with Crippen LogP contribution in [0.3, 0.4) is 0 Å². The average Bonchev–Trinajstić information content (AvgIpc) is 2.23. The van der Waals surface area contributed by atoms with E-state index >= 15 is 0 Å². The van der Waals surface area contributed by atoms with E-state index < -0.39 is 24.2 Å². The summed E-state index contributed by atoms with van der Waals surface area (Å²) < 4.78 is 31.7. The SMILES string of the molecule is CCCNC(CCO)C(=O)O.O=C(O)C(F)(F)F. The van der Waals surface area contributed by atoms with Gasteiger partial charge >= 0.3 is 18.1 Å². The van der Waals surface area contributed by atoms with Crippen molar-refractivity contribution < 1.29 is 38.1 Å². The molecule has 0 bridgehead atoms. The molecule has 0 rings (SSSR count). The average molecular weight is 275 g/mol. The Morgan fingerprint density at radius 1 is 1.28 bits per heavy atom. The maximum absolute atomic E-state index is 10.6. The van der Waals surface area contributed by atoms with E-state index in [0.717, 1.165) is 6.42 Å². The van der Waals surface area contributed by atoms with Gasteiger partial charge in [-0.1, -0.05) is 6.92 Å². The van der Waals surface area contributed by atoms with Crippen molar-refractivity contribution in [1.82, 2.24) is 5.32 Å². The van der Waals surface area contributed by atoms with Crippen LogP contribution in [0.25, 0.3) is 0 Å². The number of carboxylic acids is 2. The van der Waals surface area contributed by atoms with E-state index in [1.165, 1.54) is 0 Å². The molecule has 18 heavy (non-hydrogen) atoms. The molecule has 0 heterocycles. The van der Waals surface area contributed by atoms with Crippen molar-refractivity contribution in [3.8, 4) is 0 Å². The number of alkyl halides is 3. The van der Waals surface area contributed by atoms with Crippen molar-refractivity contribution in [3.63, 3.8) is 0 Å². The van der Waals surface area contributed by atoms with Gasteiger partial charge in [-0.25, -0.2) is 4.79 Å². The smallest absolute Gasteiger partial charge is 0.480 e. The number of rotatable bonds is 6. The van der Waals surface area contributed by atoms with Gasteiger partial charge in [-0.15, -0.1) is 0 Å². The van der Waals surface area contributed by atoms with Gasteiger partial charge in [0.15, 0.2) is 0 Å². The number of hydrogen-bond acceptors (Lipinski definition) is 4. The molecular weight excluding hydrogens is 259 g/mol. The number of aliphatic hydroxyl groups excluding tert-OH is 1. The topological polar surface area (TPSA) is 107 Å². The molecule has 0 saturated carbocycles. The quantitative estimate of drug-likeness (QED) is 0.561. The van der Waals surface area contributed by atoms with E-state index in [-0.39, 0.29) is 13.0 Å². The van der Waals surface area contributed by atoms with Gasteiger partial charge in [0.25, 0.3) is 0 Å². The highest BCUT2D eigenvalue weighted by Crippen LogP contribution is 2.13. The second-order valence-electron chi connectivity index (χ2n) is 3.16. The van der Waals surface area contributed by atoms with E-state index in [0.29, 0.717) is 6.54 Å². The molecule has 0 amide bonds. The van der Waals surface area contributed by atoms with Crippen molar-refractivity contribution in [1.29, 1.82) is 0 Å². The van der Waals surface area contributed by atoms with Crippen LogP contribution >= 0.6 is 0 Å². The van der Waals surface area contributed by atoms with Crippen LogP contribution in [-0.2, 0) is 9.59 Å². The zero-order valence-electron chi connectivity index (χ0n) is 9.70. The number of aliphatic hydroxyl groups is 1. The summed E-state index contributed by atoms with van der Waals surface area (Å²) in [6.45, 7) is 2.55. The predicted molar refractivity (Wildman–Crippen MR) is 55.1 cm³/mol. The fraction of sp³-hybridized carbons (Fsp3) is 0.778. The summed E-state index contributed by atoms with van der Waals surface area (Å²) in [7, 11) is 0. The van der Waals surface area contributed by atoms with Gasteiger partial charge in [-0.05, 0) is 19.4 Å². The molecule has 6 nitrogen and oxygen atoms in total. The van der Waals surface area contributed by atoms with Crippen molar-refractivity contribution in [3.05, 3.63) is 0 Å². The first-order valence-corrected chi connectivity index (χ1v) is 5.03. The van der Waals surface area contributed by atoms with Gasteiger partial charge in [-0.2, -0.15) is 13.2 Å². The van der Waals surface area contributed by atoms with Gasteiger partial charge < -0.3 is 20.6 Å². The van der Waals surface area contributed by atoms with Crippen LogP contribution in [0.2, 0.25) is 0 Å². The Bertz CT molecular complexity index is 257. The van der Waals surface area contributed by atoms with Gasteiger partial charge in [-0.3, -0.25) is 4.79 Å². The minimum atomic E-state index is -5.08. The number of aliphatic carboxylic acids is 2. The van der Waals surface area contributed by atoms with Gasteiger partial charge in [0.05, 0.1) is 0 Å². The number of carbonyl (C=O) groups is 2. The molecule has 0 aliphatic rings. The summed E-state index contributed by atoms with van der Waals surface area (Å²) in [5, 5.41) is 27.0. The number of halogens is 3. The second-order valence-corrected chi connectivity index (χ2v) is 3.16. The summed E-state index contributed by atoms with van der Waals surface area (Å²) >= 11 is 0. The van der Waals surface area contributed by atoms with Crippen molar-refractivity contribution >= 4 is 11.9 Å². The molecule has 0 aliphatic carbocycles. The molecule has 4 N–H and O–H groups in total. The Kier molecular flexibility index (Phi) is 10.2. The Morgan fingerprint density at radius 2 is 1.72 bits per heavy atom. The first-order valence-electron chi connectivity index (χ1n) is 5.03. The number of nitrogens with one attached hydrogen (secondary N) is 1. The highest BCUT2D eigenvalue weighted by atomic mass is 19.4. The van der Waals surface area contributed by atoms with Gasteiger partial charge in [0.2, 0.25) is 0 Å². The molecule has 0 fully saturated rings. The molecule has 9 heteroatoms. The van der Waals surface area contributed by atoms with Crippen molar-refractivity contribution in [2.45, 2.75) is 32.0 Å². The second kappa shape index (κ2) is 9.66. The summed E-state index contributed by atoms with van der Waals surface area (Å²) in [5.41, 5.74) is 0. The third kappa shape index (κ3) is 11.1. The Morgan fingerprint density at radius 3 is 1.94 bits per heavy atom. The zero-order chi connectivity index (χ0) is 14.8. The fourth-order valence-corrected chi connectivity index (χ4v) is 0.761. The summed E-state index contributed by atoms with van der Waals surface area (Å²) in [6, 6.07) is -0.597. The van der Waals surface area contributed by atoms with Crippen LogP contribution in [0, 0.1) is 0 Å². The Labute approximate surface area is 101 Å². The third-order valence-corrected chi connectivity index (χ3v) is 1.60. The van der Waals surface area contributed by atoms with E-state index in [4.69, 9.17) is 20.1 Å². The van der Waals surface area contributed by atoms with Gasteiger partial charge in [0, 0.05) is 6.61 Å². The molecule has 1 unspecified atom stereocenters. The fourth-order valence-electron chi connectivity index (χ4n) is 0.761. The summed E-state index contributed by atoms with van der Waals surface area (Å²) in [4.78, 5) is 19.3. The normalized spacial score (nSPS) is 12.3. The Balaban J connectivity index is 0. The maximum atomic E-state index is 10.6. The van der Waals surface area contributed by atoms with Crippen molar-refractivity contribution in [2.24, 2.45) is 0 Å². The van der Waals surface area contributed by atoms with Crippen LogP contribution in [0.1, 0.15) is 19.8 Å². The van der Waals surface area contributed by atoms with Crippen LogP contribution in [-0.4, -0.2) is 52.6 Å². The minimum absolute atomic E-state index is 0.0896. The molecule has 0 aromatic carbocycles. The largest absolute Gasteiger partial charge is 0.490 e. The lowest BCUT2D eigenvalue weighted by Crippen LogP contribution is -2.37. The molecule has 108 valence electrons. The monoisotopic (exact) mass is 275 g/mol. The lowest BCUT2D eigenvalue weighted by molar-refractivity contribution is -0.192. The summed E-state index contributed by atoms with van der Waals surface area (Å²) in [6.07, 6.45) is -3.91. The molecule has 1 atom stereocenters. The molecule has 0 aromatic heterocycles. The molecule has 0 spiro atoms. The third-order valence-electron chi connectivity index (χ3n) is 1.60. The number of carboxylic acid groups (broad SMARTS) is 2. The zero-order valence-corrected chi connectivity index (χ0v) is 9.70. The van der Waals surface area contributed by atoms with E-state index in [1.54, 1.807) is 0 Å². The van der Waals surface area contributed by atoms with Crippen LogP contribution in [0.15, 0.2) is 0 Å². The molecule has 0 aromatic rings. The maximum Gasteiger partial charge on any atom is 0.490 e. The minimum Gasteiger partial charge on any atom is -0.480 e. The van der Waals surface area contributed by atoms with Crippen LogP contribution in [0.4, 0.5) is 13.2 Å². The van der Waals surface area contributed by atoms with Crippen molar-refractivity contribution in [2.75, 3.05) is 13.2 Å². The van der Waals surface area contributed by atoms with E-state index in [2.05, 4.69) is 5.32 Å². The highest BCUT2D eigenvalue weighted by molar-refractivity contribution is 5.73. The standard InChI is InChI=1S/C7H15NO3.C2HF3O2/c1-2-4-8-6(3-5-9)7(10)11;3-2(4,5)1(6)7/h6,8-9H,2-5H2,1H3,(H,10,11);(H,6,7). The number of hydrogen-bond donors (Lipinski definition) is 4. The van der Waals surface area contributed by atoms with Gasteiger partial charge in [0.1, 0.15) is 6.04 Å². The van der Waals surface area contributed by atoms with E-state index in [1.807, 2.05) is 6.92 Å². The molecule has 0 radical (unpaired) electrons. The summed E-state index contributed by atoms with van der Waals surface area (Å²) in [5.74, 6) is -3.65. The first kappa shape index (κ1) is 19.0. The van der Waals surface area contributed by atoms with E-state index in [9.17, 15) is 18.0 Å². The molecular formula is C9H16F3NO5. The lowest BCUT2D eigenvalue weighted by Gasteiger charge is -2.11. The highest BCUT2D eigenvalue weighted by Gasteiger charge is 2.38. The molecule has 0 saturated heterocycles. The molecule has 0 aliphatic heterocycles. The first-order chi connectivity index (χ1) is 8.16. The van der Waals surface area contributed by atoms with Crippen LogP contribution in [0.5, 0.6) is 0 Å².